The summed E-state index contributed by atoms with van der Waals surface area (Å²) in [5.74, 6) is -0.584. The van der Waals surface area contributed by atoms with Crippen LogP contribution in [0.4, 0.5) is 0 Å². The van der Waals surface area contributed by atoms with E-state index in [0.717, 1.165) is 0 Å². The maximum atomic E-state index is 11.7. The molecule has 0 aliphatic carbocycles. The second kappa shape index (κ2) is 6.53. The van der Waals surface area contributed by atoms with Crippen LogP contribution in [-0.4, -0.2) is 41.2 Å². The minimum atomic E-state index is -0.666. The third kappa shape index (κ3) is 3.48. The van der Waals surface area contributed by atoms with Gasteiger partial charge in [0.05, 0.1) is 26.3 Å². The van der Waals surface area contributed by atoms with Crippen molar-refractivity contribution in [1.82, 2.24) is 15.0 Å². The summed E-state index contributed by atoms with van der Waals surface area (Å²) < 4.78 is 16.6. The van der Waals surface area contributed by atoms with E-state index in [9.17, 15) is 9.59 Å². The number of nitrogens with zero attached hydrogens (tertiary/aromatic N) is 3. The van der Waals surface area contributed by atoms with Gasteiger partial charge in [-0.25, -0.2) is 9.48 Å². The van der Waals surface area contributed by atoms with Crippen LogP contribution in [0.25, 0.3) is 0 Å². The van der Waals surface area contributed by atoms with E-state index in [1.807, 2.05) is 0 Å². The van der Waals surface area contributed by atoms with Gasteiger partial charge >= 0.3 is 11.9 Å². The van der Waals surface area contributed by atoms with Gasteiger partial charge in [-0.1, -0.05) is 5.21 Å². The van der Waals surface area contributed by atoms with Crippen LogP contribution in [-0.2, 0) is 27.2 Å². The molecular formula is C12H12BrN3O5. The lowest BCUT2D eigenvalue weighted by molar-refractivity contribution is -0.139. The molecule has 0 saturated carbocycles. The van der Waals surface area contributed by atoms with Crippen LogP contribution >= 0.6 is 15.9 Å². The average molecular weight is 358 g/mol. The minimum Gasteiger partial charge on any atom is -0.469 e. The fourth-order valence-corrected chi connectivity index (χ4v) is 2.02. The van der Waals surface area contributed by atoms with Gasteiger partial charge in [-0.3, -0.25) is 4.79 Å². The maximum Gasteiger partial charge on any atom is 0.360 e. The molecule has 0 saturated heterocycles. The monoisotopic (exact) mass is 357 g/mol. The van der Waals surface area contributed by atoms with Crippen molar-refractivity contribution in [1.29, 1.82) is 0 Å². The minimum absolute atomic E-state index is 0.0199. The van der Waals surface area contributed by atoms with Gasteiger partial charge in [0.15, 0.2) is 10.4 Å². The molecule has 9 heteroatoms. The first kappa shape index (κ1) is 15.2. The SMILES string of the molecule is COC(=O)Cc1c(C(=O)OC)nnn1Cc1ccc(Br)o1. The molecule has 0 bridgehead atoms. The zero-order valence-electron chi connectivity index (χ0n) is 11.3. The number of hydrogen-bond acceptors (Lipinski definition) is 7. The number of methoxy groups -OCH3 is 2. The Balaban J connectivity index is 2.33. The first-order valence-electron chi connectivity index (χ1n) is 5.87. The van der Waals surface area contributed by atoms with Crippen LogP contribution < -0.4 is 0 Å². The summed E-state index contributed by atoms with van der Waals surface area (Å²) in [5.41, 5.74) is 0.287. The van der Waals surface area contributed by atoms with Crippen LogP contribution in [0.5, 0.6) is 0 Å². The van der Waals surface area contributed by atoms with Crippen molar-refractivity contribution >= 4 is 27.9 Å². The number of furan rings is 1. The Hall–Kier alpha value is -2.16. The zero-order chi connectivity index (χ0) is 15.4. The smallest absolute Gasteiger partial charge is 0.360 e. The first-order valence-corrected chi connectivity index (χ1v) is 6.66. The van der Waals surface area contributed by atoms with E-state index < -0.39 is 11.9 Å². The third-order valence-corrected chi connectivity index (χ3v) is 3.12. The Labute approximate surface area is 128 Å². The highest BCUT2D eigenvalue weighted by atomic mass is 79.9. The highest BCUT2D eigenvalue weighted by Crippen LogP contribution is 2.17. The molecule has 2 heterocycles. The van der Waals surface area contributed by atoms with Crippen molar-refractivity contribution in [3.8, 4) is 0 Å². The van der Waals surface area contributed by atoms with Gasteiger partial charge in [0.2, 0.25) is 0 Å². The molecule has 0 spiro atoms. The second-order valence-electron chi connectivity index (χ2n) is 3.99. The number of ether oxygens (including phenoxy) is 2. The molecule has 2 rings (SSSR count). The first-order chi connectivity index (χ1) is 10.0. The summed E-state index contributed by atoms with van der Waals surface area (Å²) in [4.78, 5) is 23.1. The summed E-state index contributed by atoms with van der Waals surface area (Å²) in [6.45, 7) is 0.224. The van der Waals surface area contributed by atoms with E-state index >= 15 is 0 Å². The average Bonchev–Trinajstić information content (AvgIpc) is 3.05. The molecule has 21 heavy (non-hydrogen) atoms. The van der Waals surface area contributed by atoms with Crippen molar-refractivity contribution in [2.24, 2.45) is 0 Å². The summed E-state index contributed by atoms with van der Waals surface area (Å²) in [7, 11) is 2.49. The van der Waals surface area contributed by atoms with Gasteiger partial charge in [-0.15, -0.1) is 5.10 Å². The van der Waals surface area contributed by atoms with Crippen LogP contribution in [0.2, 0.25) is 0 Å². The van der Waals surface area contributed by atoms with E-state index in [1.165, 1.54) is 18.9 Å². The van der Waals surface area contributed by atoms with Crippen molar-refractivity contribution in [2.45, 2.75) is 13.0 Å². The van der Waals surface area contributed by atoms with Crippen LogP contribution in [0.15, 0.2) is 21.2 Å². The van der Waals surface area contributed by atoms with Gasteiger partial charge in [0.25, 0.3) is 0 Å². The summed E-state index contributed by atoms with van der Waals surface area (Å²) in [5, 5.41) is 7.61. The number of aromatic nitrogens is 3. The molecule has 112 valence electrons. The zero-order valence-corrected chi connectivity index (χ0v) is 12.9. The van der Waals surface area contributed by atoms with E-state index in [4.69, 9.17) is 4.42 Å². The van der Waals surface area contributed by atoms with Crippen molar-refractivity contribution in [3.05, 3.63) is 34.0 Å². The quantitative estimate of drug-likeness (QED) is 0.741. The van der Waals surface area contributed by atoms with Crippen molar-refractivity contribution in [2.75, 3.05) is 14.2 Å². The van der Waals surface area contributed by atoms with E-state index in [-0.39, 0.29) is 18.7 Å². The molecule has 2 aromatic heterocycles. The maximum absolute atomic E-state index is 11.7. The predicted molar refractivity (Wildman–Crippen MR) is 72.6 cm³/mol. The molecule has 0 N–H and O–H groups in total. The normalized spacial score (nSPS) is 10.4. The summed E-state index contributed by atoms with van der Waals surface area (Å²) >= 11 is 3.19. The Bertz CT molecular complexity index is 664. The van der Waals surface area contributed by atoms with Gasteiger partial charge in [0.1, 0.15) is 12.3 Å². The summed E-state index contributed by atoms with van der Waals surface area (Å²) in [6.07, 6.45) is -0.143. The van der Waals surface area contributed by atoms with Crippen molar-refractivity contribution < 1.29 is 23.5 Å². The lowest BCUT2D eigenvalue weighted by atomic mass is 10.2. The predicted octanol–water partition coefficient (Wildman–Crippen LogP) is 1.18. The number of hydrogen-bond donors (Lipinski definition) is 0. The molecule has 0 radical (unpaired) electrons. The molecule has 0 unspecified atom stereocenters. The molecule has 0 aliphatic heterocycles. The van der Waals surface area contributed by atoms with Crippen molar-refractivity contribution in [3.63, 3.8) is 0 Å². The van der Waals surface area contributed by atoms with Gasteiger partial charge in [-0.2, -0.15) is 0 Å². The van der Waals surface area contributed by atoms with Crippen LogP contribution in [0, 0.1) is 0 Å². The second-order valence-corrected chi connectivity index (χ2v) is 4.77. The van der Waals surface area contributed by atoms with Crippen LogP contribution in [0.1, 0.15) is 21.9 Å². The lowest BCUT2D eigenvalue weighted by Crippen LogP contribution is -2.15. The Kier molecular flexibility index (Phi) is 4.73. The topological polar surface area (TPSA) is 96.5 Å². The molecule has 8 nitrogen and oxygen atoms in total. The molecule has 0 amide bonds. The molecule has 0 aliphatic rings. The Morgan fingerprint density at radius 2 is 2.10 bits per heavy atom. The van der Waals surface area contributed by atoms with Gasteiger partial charge in [-0.05, 0) is 28.1 Å². The lowest BCUT2D eigenvalue weighted by Gasteiger charge is -2.05. The number of carbonyl (C=O) groups is 2. The highest BCUT2D eigenvalue weighted by Gasteiger charge is 2.23. The fourth-order valence-electron chi connectivity index (χ4n) is 1.68. The van der Waals surface area contributed by atoms with E-state index in [1.54, 1.807) is 12.1 Å². The van der Waals surface area contributed by atoms with Gasteiger partial charge < -0.3 is 13.9 Å². The molecule has 0 atom stereocenters. The van der Waals surface area contributed by atoms with E-state index in [0.29, 0.717) is 16.1 Å². The van der Waals surface area contributed by atoms with Crippen LogP contribution in [0.3, 0.4) is 0 Å². The standard InChI is InChI=1S/C12H12BrN3O5/c1-19-10(17)5-8-11(12(18)20-2)14-15-16(8)6-7-3-4-9(13)21-7/h3-4H,5-6H2,1-2H3. The van der Waals surface area contributed by atoms with E-state index in [2.05, 4.69) is 35.7 Å². The molecule has 0 fully saturated rings. The fraction of sp³-hybridized carbons (Fsp3) is 0.333. The Morgan fingerprint density at radius 3 is 2.67 bits per heavy atom. The molecular weight excluding hydrogens is 346 g/mol. The number of rotatable bonds is 5. The number of esters is 2. The summed E-state index contributed by atoms with van der Waals surface area (Å²) in [6, 6.07) is 3.47. The number of halogens is 1. The highest BCUT2D eigenvalue weighted by molar-refractivity contribution is 9.10. The third-order valence-electron chi connectivity index (χ3n) is 2.69. The Morgan fingerprint density at radius 1 is 1.33 bits per heavy atom. The molecule has 0 aromatic carbocycles. The number of carbonyl (C=O) groups excluding carboxylic acids is 2. The largest absolute Gasteiger partial charge is 0.469 e. The van der Waals surface area contributed by atoms with Gasteiger partial charge in [0, 0.05) is 0 Å². The molecule has 2 aromatic rings.